The lowest BCUT2D eigenvalue weighted by molar-refractivity contribution is -0.118. The molecule has 0 aliphatic rings. The lowest BCUT2D eigenvalue weighted by atomic mass is 10.1. The zero-order valence-electron chi connectivity index (χ0n) is 15.1. The van der Waals surface area contributed by atoms with Crippen LogP contribution in [0.4, 0.5) is 5.69 Å². The molecule has 0 fully saturated rings. The molecule has 1 aromatic heterocycles. The molecule has 26 heavy (non-hydrogen) atoms. The van der Waals surface area contributed by atoms with Crippen LogP contribution in [0.5, 0.6) is 5.75 Å². The Kier molecular flexibility index (Phi) is 5.31. The van der Waals surface area contributed by atoms with E-state index in [4.69, 9.17) is 9.26 Å². The molecule has 0 unspecified atom stereocenters. The van der Waals surface area contributed by atoms with Crippen molar-refractivity contribution >= 4 is 11.6 Å². The van der Waals surface area contributed by atoms with Crippen molar-refractivity contribution < 1.29 is 14.1 Å². The van der Waals surface area contributed by atoms with Crippen LogP contribution in [0, 0.1) is 6.92 Å². The highest BCUT2D eigenvalue weighted by atomic mass is 16.5. The third-order valence-corrected chi connectivity index (χ3v) is 4.16. The number of rotatable bonds is 6. The van der Waals surface area contributed by atoms with E-state index >= 15 is 0 Å². The van der Waals surface area contributed by atoms with Gasteiger partial charge < -0.3 is 14.2 Å². The summed E-state index contributed by atoms with van der Waals surface area (Å²) in [5.74, 6) is 1.72. The van der Waals surface area contributed by atoms with Crippen molar-refractivity contribution in [2.45, 2.75) is 19.8 Å². The Morgan fingerprint density at radius 1 is 1.12 bits per heavy atom. The Morgan fingerprint density at radius 3 is 2.46 bits per heavy atom. The Balaban J connectivity index is 1.59. The number of anilines is 1. The van der Waals surface area contributed by atoms with Gasteiger partial charge in [0, 0.05) is 31.1 Å². The lowest BCUT2D eigenvalue weighted by Gasteiger charge is -2.17. The molecule has 0 radical (unpaired) electrons. The molecule has 1 heterocycles. The average Bonchev–Trinajstić information content (AvgIpc) is 3.15. The number of methoxy groups -OCH3 is 1. The molecular weight excluding hydrogens is 330 g/mol. The molecule has 0 N–H and O–H groups in total. The molecule has 3 rings (SSSR count). The molecule has 6 heteroatoms. The minimum Gasteiger partial charge on any atom is -0.497 e. The van der Waals surface area contributed by atoms with Gasteiger partial charge in [-0.2, -0.15) is 4.98 Å². The van der Waals surface area contributed by atoms with Crippen molar-refractivity contribution in [1.29, 1.82) is 0 Å². The number of hydrogen-bond acceptors (Lipinski definition) is 5. The molecule has 0 saturated carbocycles. The van der Waals surface area contributed by atoms with Crippen molar-refractivity contribution in [3.8, 4) is 17.1 Å². The number of hydrogen-bond donors (Lipinski definition) is 0. The predicted octanol–water partition coefficient (Wildman–Crippen LogP) is 3.65. The molecule has 0 aliphatic carbocycles. The second-order valence-electron chi connectivity index (χ2n) is 6.03. The van der Waals surface area contributed by atoms with E-state index in [1.165, 1.54) is 5.56 Å². The predicted molar refractivity (Wildman–Crippen MR) is 99.2 cm³/mol. The van der Waals surface area contributed by atoms with E-state index in [1.54, 1.807) is 19.1 Å². The average molecular weight is 351 g/mol. The van der Waals surface area contributed by atoms with Crippen LogP contribution in [-0.2, 0) is 11.2 Å². The highest BCUT2D eigenvalue weighted by Crippen LogP contribution is 2.20. The maximum Gasteiger partial charge on any atom is 0.227 e. The van der Waals surface area contributed by atoms with Gasteiger partial charge in [0.15, 0.2) is 0 Å². The van der Waals surface area contributed by atoms with Crippen LogP contribution in [0.15, 0.2) is 53.1 Å². The van der Waals surface area contributed by atoms with Crippen LogP contribution in [0.1, 0.15) is 17.9 Å². The van der Waals surface area contributed by atoms with E-state index in [0.717, 1.165) is 17.0 Å². The number of nitrogens with zero attached hydrogens (tertiary/aromatic N) is 3. The van der Waals surface area contributed by atoms with Gasteiger partial charge in [-0.3, -0.25) is 4.79 Å². The first-order valence-electron chi connectivity index (χ1n) is 8.37. The van der Waals surface area contributed by atoms with Gasteiger partial charge in [-0.25, -0.2) is 0 Å². The molecule has 3 aromatic rings. The summed E-state index contributed by atoms with van der Waals surface area (Å²) < 4.78 is 10.4. The van der Waals surface area contributed by atoms with E-state index in [9.17, 15) is 4.79 Å². The first-order chi connectivity index (χ1) is 12.6. The van der Waals surface area contributed by atoms with Crippen LogP contribution in [0.25, 0.3) is 11.4 Å². The van der Waals surface area contributed by atoms with Crippen molar-refractivity contribution in [2.75, 3.05) is 19.1 Å². The first-order valence-corrected chi connectivity index (χ1v) is 8.37. The topological polar surface area (TPSA) is 68.5 Å². The molecule has 0 spiro atoms. The van der Waals surface area contributed by atoms with Crippen LogP contribution < -0.4 is 9.64 Å². The number of aryl methyl sites for hydroxylation is 2. The standard InChI is InChI=1S/C20H21N3O3/c1-14-4-6-15(7-5-14)20-21-18(26-22-20)12-13-19(24)23(2)16-8-10-17(25-3)11-9-16/h4-11H,12-13H2,1-3H3. The first kappa shape index (κ1) is 17.7. The molecule has 0 bridgehead atoms. The van der Waals surface area contributed by atoms with Crippen LogP contribution in [0.2, 0.25) is 0 Å². The van der Waals surface area contributed by atoms with Gasteiger partial charge in [0.2, 0.25) is 17.6 Å². The Morgan fingerprint density at radius 2 is 1.81 bits per heavy atom. The number of carbonyl (C=O) groups excluding carboxylic acids is 1. The van der Waals surface area contributed by atoms with Gasteiger partial charge >= 0.3 is 0 Å². The largest absolute Gasteiger partial charge is 0.497 e. The molecule has 2 aromatic carbocycles. The number of benzene rings is 2. The smallest absolute Gasteiger partial charge is 0.227 e. The summed E-state index contributed by atoms with van der Waals surface area (Å²) in [7, 11) is 3.36. The summed E-state index contributed by atoms with van der Waals surface area (Å²) in [6.45, 7) is 2.02. The summed E-state index contributed by atoms with van der Waals surface area (Å²) in [6, 6.07) is 15.2. The van der Waals surface area contributed by atoms with Gasteiger partial charge in [-0.15, -0.1) is 0 Å². The second kappa shape index (κ2) is 7.82. The van der Waals surface area contributed by atoms with Crippen molar-refractivity contribution in [2.24, 2.45) is 0 Å². The maximum atomic E-state index is 12.4. The van der Waals surface area contributed by atoms with Crippen molar-refractivity contribution in [3.05, 3.63) is 60.0 Å². The van der Waals surface area contributed by atoms with Gasteiger partial charge in [-0.1, -0.05) is 35.0 Å². The Hall–Kier alpha value is -3.15. The lowest BCUT2D eigenvalue weighted by Crippen LogP contribution is -2.26. The summed E-state index contributed by atoms with van der Waals surface area (Å²) in [4.78, 5) is 18.4. The van der Waals surface area contributed by atoms with E-state index in [2.05, 4.69) is 10.1 Å². The fourth-order valence-corrected chi connectivity index (χ4v) is 2.51. The van der Waals surface area contributed by atoms with E-state index < -0.39 is 0 Å². The van der Waals surface area contributed by atoms with E-state index in [1.807, 2.05) is 55.5 Å². The third-order valence-electron chi connectivity index (χ3n) is 4.16. The number of aromatic nitrogens is 2. The van der Waals surface area contributed by atoms with Crippen molar-refractivity contribution in [1.82, 2.24) is 10.1 Å². The van der Waals surface area contributed by atoms with Gasteiger partial charge in [0.25, 0.3) is 0 Å². The van der Waals surface area contributed by atoms with Crippen LogP contribution in [0.3, 0.4) is 0 Å². The van der Waals surface area contributed by atoms with Crippen molar-refractivity contribution in [3.63, 3.8) is 0 Å². The second-order valence-corrected chi connectivity index (χ2v) is 6.03. The van der Waals surface area contributed by atoms with E-state index in [0.29, 0.717) is 18.1 Å². The Bertz CT molecular complexity index is 870. The SMILES string of the molecule is COc1ccc(N(C)C(=O)CCc2nc(-c3ccc(C)cc3)no2)cc1. The molecule has 0 aliphatic heterocycles. The zero-order valence-corrected chi connectivity index (χ0v) is 15.1. The zero-order chi connectivity index (χ0) is 18.5. The minimum absolute atomic E-state index is 0.0229. The highest BCUT2D eigenvalue weighted by Gasteiger charge is 2.14. The summed E-state index contributed by atoms with van der Waals surface area (Å²) in [6.07, 6.45) is 0.691. The monoisotopic (exact) mass is 351 g/mol. The van der Waals surface area contributed by atoms with Gasteiger partial charge in [0.1, 0.15) is 5.75 Å². The summed E-state index contributed by atoms with van der Waals surface area (Å²) in [5, 5.41) is 3.99. The van der Waals surface area contributed by atoms with E-state index in [-0.39, 0.29) is 12.3 Å². The van der Waals surface area contributed by atoms with Gasteiger partial charge in [0.05, 0.1) is 7.11 Å². The third kappa shape index (κ3) is 4.08. The summed E-state index contributed by atoms with van der Waals surface area (Å²) >= 11 is 0. The molecule has 0 saturated heterocycles. The number of amides is 1. The molecule has 6 nitrogen and oxygen atoms in total. The Labute approximate surface area is 152 Å². The summed E-state index contributed by atoms with van der Waals surface area (Å²) in [5.41, 5.74) is 2.87. The quantitative estimate of drug-likeness (QED) is 0.678. The van der Waals surface area contributed by atoms with Crippen LogP contribution >= 0.6 is 0 Å². The molecule has 1 amide bonds. The van der Waals surface area contributed by atoms with Crippen LogP contribution in [-0.4, -0.2) is 30.2 Å². The maximum absolute atomic E-state index is 12.4. The number of ether oxygens (including phenoxy) is 1. The number of carbonyl (C=O) groups is 1. The minimum atomic E-state index is -0.0229. The van der Waals surface area contributed by atoms with Gasteiger partial charge in [-0.05, 0) is 31.2 Å². The molecular formula is C20H21N3O3. The molecule has 0 atom stereocenters. The normalized spacial score (nSPS) is 10.6. The highest BCUT2D eigenvalue weighted by molar-refractivity contribution is 5.92. The fourth-order valence-electron chi connectivity index (χ4n) is 2.51. The molecule has 134 valence electrons. The fraction of sp³-hybridized carbons (Fsp3) is 0.250.